The second-order valence-corrected chi connectivity index (χ2v) is 7.75. The molecule has 0 bridgehead atoms. The van der Waals surface area contributed by atoms with E-state index in [1.54, 1.807) is 11.8 Å². The van der Waals surface area contributed by atoms with Crippen LogP contribution in [0.25, 0.3) is 0 Å². The molecule has 0 amide bonds. The average molecular weight is 345 g/mol. The van der Waals surface area contributed by atoms with Gasteiger partial charge >= 0.3 is 0 Å². The lowest BCUT2D eigenvalue weighted by Gasteiger charge is -2.29. The molecule has 1 aliphatic rings. The van der Waals surface area contributed by atoms with Crippen LogP contribution in [0.15, 0.2) is 4.79 Å². The SMILES string of the molecule is COc1c(CN2CCc3nc(C(C)(C)C)[nH]c(=O)c3C2)c(C)nn1C. The third-order valence-electron chi connectivity index (χ3n) is 4.72. The number of nitrogens with one attached hydrogen (secondary N) is 1. The summed E-state index contributed by atoms with van der Waals surface area (Å²) in [5.74, 6) is 1.54. The van der Waals surface area contributed by atoms with Gasteiger partial charge in [-0.3, -0.25) is 9.69 Å². The van der Waals surface area contributed by atoms with Gasteiger partial charge in [0.15, 0.2) is 0 Å². The molecule has 2 aromatic heterocycles. The Morgan fingerprint density at radius 3 is 2.68 bits per heavy atom. The van der Waals surface area contributed by atoms with E-state index in [2.05, 4.69) is 35.8 Å². The van der Waals surface area contributed by atoms with Gasteiger partial charge in [-0.15, -0.1) is 0 Å². The van der Waals surface area contributed by atoms with E-state index < -0.39 is 0 Å². The number of aromatic amines is 1. The van der Waals surface area contributed by atoms with Gasteiger partial charge in [-0.25, -0.2) is 9.67 Å². The van der Waals surface area contributed by atoms with Crippen LogP contribution in [-0.4, -0.2) is 38.3 Å². The largest absolute Gasteiger partial charge is 0.481 e. The minimum atomic E-state index is -0.161. The predicted molar refractivity (Wildman–Crippen MR) is 95.9 cm³/mol. The highest BCUT2D eigenvalue weighted by molar-refractivity contribution is 5.31. The molecule has 0 aliphatic carbocycles. The lowest BCUT2D eigenvalue weighted by molar-refractivity contribution is 0.236. The van der Waals surface area contributed by atoms with Gasteiger partial charge in [0.2, 0.25) is 5.88 Å². The predicted octanol–water partition coefficient (Wildman–Crippen LogP) is 1.68. The van der Waals surface area contributed by atoms with Crippen molar-refractivity contribution in [1.82, 2.24) is 24.6 Å². The Labute approximate surface area is 148 Å². The van der Waals surface area contributed by atoms with Crippen LogP contribution in [0.5, 0.6) is 5.88 Å². The fourth-order valence-electron chi connectivity index (χ4n) is 3.31. The van der Waals surface area contributed by atoms with Gasteiger partial charge in [0.05, 0.1) is 29.6 Å². The summed E-state index contributed by atoms with van der Waals surface area (Å²) in [5, 5.41) is 4.43. The van der Waals surface area contributed by atoms with Gasteiger partial charge in [-0.1, -0.05) is 20.8 Å². The topological polar surface area (TPSA) is 76.0 Å². The normalized spacial score (nSPS) is 15.3. The number of aromatic nitrogens is 4. The molecule has 1 N–H and O–H groups in total. The van der Waals surface area contributed by atoms with Gasteiger partial charge in [0.25, 0.3) is 5.56 Å². The van der Waals surface area contributed by atoms with E-state index in [9.17, 15) is 4.79 Å². The second-order valence-electron chi connectivity index (χ2n) is 7.75. The molecule has 3 heterocycles. The number of nitrogens with zero attached hydrogens (tertiary/aromatic N) is 4. The Morgan fingerprint density at radius 2 is 2.04 bits per heavy atom. The molecule has 0 saturated carbocycles. The van der Waals surface area contributed by atoms with E-state index >= 15 is 0 Å². The Morgan fingerprint density at radius 1 is 1.32 bits per heavy atom. The molecule has 0 unspecified atom stereocenters. The average Bonchev–Trinajstić information content (AvgIpc) is 2.80. The summed E-state index contributed by atoms with van der Waals surface area (Å²) in [4.78, 5) is 22.5. The number of aryl methyl sites for hydroxylation is 2. The van der Waals surface area contributed by atoms with Crippen LogP contribution >= 0.6 is 0 Å². The Bertz CT molecular complexity index is 844. The molecule has 0 aromatic carbocycles. The van der Waals surface area contributed by atoms with Crippen LogP contribution in [0.4, 0.5) is 0 Å². The summed E-state index contributed by atoms with van der Waals surface area (Å²) in [6, 6.07) is 0. The molecule has 0 atom stereocenters. The number of rotatable bonds is 3. The summed E-state index contributed by atoms with van der Waals surface area (Å²) in [6.07, 6.45) is 0.782. The number of H-pyrrole nitrogens is 1. The standard InChI is InChI=1S/C18H27N5O2/c1-11-12(16(25-6)22(5)21-11)9-23-8-7-14-13(10-23)15(24)20-17(19-14)18(2,3)4/h7-10H2,1-6H3,(H,19,20,24). The first-order chi connectivity index (χ1) is 11.7. The third-order valence-corrected chi connectivity index (χ3v) is 4.72. The van der Waals surface area contributed by atoms with Crippen LogP contribution in [0, 0.1) is 6.92 Å². The second kappa shape index (κ2) is 6.29. The summed E-state index contributed by atoms with van der Waals surface area (Å²) in [7, 11) is 3.54. The zero-order chi connectivity index (χ0) is 18.4. The van der Waals surface area contributed by atoms with E-state index in [1.165, 1.54) is 0 Å². The summed E-state index contributed by atoms with van der Waals surface area (Å²) in [6.45, 7) is 10.3. The molecule has 0 radical (unpaired) electrons. The van der Waals surface area contributed by atoms with Gasteiger partial charge in [0.1, 0.15) is 5.82 Å². The fourth-order valence-corrected chi connectivity index (χ4v) is 3.31. The van der Waals surface area contributed by atoms with Crippen molar-refractivity contribution in [3.8, 4) is 5.88 Å². The Balaban J connectivity index is 1.86. The number of fused-ring (bicyclic) bond motifs is 1. The number of methoxy groups -OCH3 is 1. The molecule has 2 aromatic rings. The van der Waals surface area contributed by atoms with Crippen molar-refractivity contribution in [3.63, 3.8) is 0 Å². The van der Waals surface area contributed by atoms with Gasteiger partial charge in [0, 0.05) is 38.5 Å². The summed E-state index contributed by atoms with van der Waals surface area (Å²) in [5.41, 5.74) is 3.56. The van der Waals surface area contributed by atoms with E-state index in [1.807, 2.05) is 14.0 Å². The molecule has 7 nitrogen and oxygen atoms in total. The number of ether oxygens (including phenoxy) is 1. The minimum Gasteiger partial charge on any atom is -0.481 e. The highest BCUT2D eigenvalue weighted by Crippen LogP contribution is 2.26. The minimum absolute atomic E-state index is 0.0190. The van der Waals surface area contributed by atoms with Crippen molar-refractivity contribution in [1.29, 1.82) is 0 Å². The van der Waals surface area contributed by atoms with E-state index in [-0.39, 0.29) is 11.0 Å². The maximum atomic E-state index is 12.6. The van der Waals surface area contributed by atoms with Crippen molar-refractivity contribution >= 4 is 0 Å². The lowest BCUT2D eigenvalue weighted by atomic mass is 9.95. The molecule has 1 aliphatic heterocycles. The van der Waals surface area contributed by atoms with Crippen LogP contribution in [0.1, 0.15) is 49.1 Å². The van der Waals surface area contributed by atoms with Crippen molar-refractivity contribution < 1.29 is 4.74 Å². The van der Waals surface area contributed by atoms with Crippen LogP contribution in [0.2, 0.25) is 0 Å². The maximum Gasteiger partial charge on any atom is 0.255 e. The zero-order valence-corrected chi connectivity index (χ0v) is 15.9. The molecular formula is C18H27N5O2. The molecule has 0 fully saturated rings. The quantitative estimate of drug-likeness (QED) is 0.916. The fraction of sp³-hybridized carbons (Fsp3) is 0.611. The van der Waals surface area contributed by atoms with Crippen molar-refractivity contribution in [2.24, 2.45) is 7.05 Å². The Kier molecular flexibility index (Phi) is 4.45. The Hall–Kier alpha value is -2.15. The monoisotopic (exact) mass is 345 g/mol. The van der Waals surface area contributed by atoms with Crippen molar-refractivity contribution in [3.05, 3.63) is 38.7 Å². The van der Waals surface area contributed by atoms with Gasteiger partial charge in [-0.05, 0) is 6.92 Å². The summed E-state index contributed by atoms with van der Waals surface area (Å²) < 4.78 is 7.23. The molecule has 25 heavy (non-hydrogen) atoms. The van der Waals surface area contributed by atoms with E-state index in [0.717, 1.165) is 47.2 Å². The molecule has 7 heteroatoms. The van der Waals surface area contributed by atoms with E-state index in [0.29, 0.717) is 13.1 Å². The first kappa shape index (κ1) is 17.7. The highest BCUT2D eigenvalue weighted by atomic mass is 16.5. The maximum absolute atomic E-state index is 12.6. The van der Waals surface area contributed by atoms with Crippen LogP contribution < -0.4 is 10.3 Å². The first-order valence-electron chi connectivity index (χ1n) is 8.62. The van der Waals surface area contributed by atoms with Crippen molar-refractivity contribution in [2.45, 2.75) is 52.6 Å². The molecule has 0 spiro atoms. The lowest BCUT2D eigenvalue weighted by Crippen LogP contribution is -2.37. The van der Waals surface area contributed by atoms with Crippen LogP contribution in [0.3, 0.4) is 0 Å². The van der Waals surface area contributed by atoms with Gasteiger partial charge < -0.3 is 9.72 Å². The van der Waals surface area contributed by atoms with Gasteiger partial charge in [-0.2, -0.15) is 5.10 Å². The van der Waals surface area contributed by atoms with Crippen molar-refractivity contribution in [2.75, 3.05) is 13.7 Å². The molecule has 136 valence electrons. The smallest absolute Gasteiger partial charge is 0.255 e. The zero-order valence-electron chi connectivity index (χ0n) is 15.9. The first-order valence-corrected chi connectivity index (χ1v) is 8.62. The number of hydrogen-bond donors (Lipinski definition) is 1. The number of hydrogen-bond acceptors (Lipinski definition) is 5. The van der Waals surface area contributed by atoms with Crippen LogP contribution in [-0.2, 0) is 32.0 Å². The molecule has 0 saturated heterocycles. The van der Waals surface area contributed by atoms with E-state index in [4.69, 9.17) is 9.72 Å². The highest BCUT2D eigenvalue weighted by Gasteiger charge is 2.26. The molecule has 3 rings (SSSR count). The third kappa shape index (κ3) is 3.33. The molecular weight excluding hydrogens is 318 g/mol. The summed E-state index contributed by atoms with van der Waals surface area (Å²) >= 11 is 0.